The number of amides is 2. The number of nitrogens with zero attached hydrogens (tertiary/aromatic N) is 5. The third-order valence-corrected chi connectivity index (χ3v) is 6.69. The highest BCUT2D eigenvalue weighted by atomic mass is 16.2. The van der Waals surface area contributed by atoms with Crippen molar-refractivity contribution in [1.29, 1.82) is 0 Å². The Morgan fingerprint density at radius 3 is 2.29 bits per heavy atom. The van der Waals surface area contributed by atoms with Crippen LogP contribution in [0.2, 0.25) is 0 Å². The largest absolute Gasteiger partial charge is 0.322 e. The lowest BCUT2D eigenvalue weighted by molar-refractivity contribution is 0.140. The summed E-state index contributed by atoms with van der Waals surface area (Å²) in [5, 5.41) is 3.12. The molecule has 2 amide bonds. The standard InChI is InChI=1S/C28H32N6O/c1-19-15-20(2)17-23(16-19)34-25(30-24-9-6-10-29-27(24)34)18-32-11-13-33(14-12-32)28(35)31-26-21(3)7-5-8-22(26)4/h5-10,15-17H,11-14,18H2,1-4H3,(H,31,35). The van der Waals surface area contributed by atoms with Crippen LogP contribution in [0.3, 0.4) is 0 Å². The summed E-state index contributed by atoms with van der Waals surface area (Å²) >= 11 is 0. The van der Waals surface area contributed by atoms with Gasteiger partial charge >= 0.3 is 6.03 Å². The fourth-order valence-corrected chi connectivity index (χ4v) is 4.92. The van der Waals surface area contributed by atoms with Crippen molar-refractivity contribution in [2.45, 2.75) is 34.2 Å². The number of aryl methyl sites for hydroxylation is 4. The van der Waals surface area contributed by atoms with Crippen LogP contribution >= 0.6 is 0 Å². The maximum Gasteiger partial charge on any atom is 0.321 e. The van der Waals surface area contributed by atoms with E-state index in [9.17, 15) is 4.79 Å². The molecule has 7 heteroatoms. The van der Waals surface area contributed by atoms with E-state index < -0.39 is 0 Å². The number of imidazole rings is 1. The van der Waals surface area contributed by atoms with Crippen molar-refractivity contribution in [1.82, 2.24) is 24.3 Å². The highest BCUT2D eigenvalue weighted by Crippen LogP contribution is 2.24. The van der Waals surface area contributed by atoms with Crippen LogP contribution in [0.25, 0.3) is 16.9 Å². The van der Waals surface area contributed by atoms with Crippen LogP contribution in [0, 0.1) is 27.7 Å². The van der Waals surface area contributed by atoms with Crippen LogP contribution in [0.15, 0.2) is 54.7 Å². The Hall–Kier alpha value is -3.71. The second-order valence-corrected chi connectivity index (χ2v) is 9.52. The predicted molar refractivity (Wildman–Crippen MR) is 140 cm³/mol. The number of anilines is 1. The summed E-state index contributed by atoms with van der Waals surface area (Å²) in [4.78, 5) is 26.8. The lowest BCUT2D eigenvalue weighted by Gasteiger charge is -2.34. The smallest absolute Gasteiger partial charge is 0.321 e. The zero-order chi connectivity index (χ0) is 24.5. The van der Waals surface area contributed by atoms with Gasteiger partial charge in [-0.2, -0.15) is 0 Å². The second kappa shape index (κ2) is 9.50. The van der Waals surface area contributed by atoms with Crippen molar-refractivity contribution in [3.05, 3.63) is 82.8 Å². The average molecular weight is 469 g/mol. The first-order valence-electron chi connectivity index (χ1n) is 12.1. The number of carbonyl (C=O) groups excluding carboxylic acids is 1. The van der Waals surface area contributed by atoms with Crippen molar-refractivity contribution < 1.29 is 4.79 Å². The normalized spacial score (nSPS) is 14.5. The van der Waals surface area contributed by atoms with Crippen molar-refractivity contribution >= 4 is 22.9 Å². The second-order valence-electron chi connectivity index (χ2n) is 9.52. The number of benzene rings is 2. The summed E-state index contributed by atoms with van der Waals surface area (Å²) in [7, 11) is 0. The fourth-order valence-electron chi connectivity index (χ4n) is 4.92. The molecule has 1 aliphatic heterocycles. The minimum absolute atomic E-state index is 0.0336. The fraction of sp³-hybridized carbons (Fsp3) is 0.321. The number of fused-ring (bicyclic) bond motifs is 1. The van der Waals surface area contributed by atoms with Crippen LogP contribution in [0.1, 0.15) is 28.1 Å². The number of rotatable bonds is 4. The highest BCUT2D eigenvalue weighted by molar-refractivity contribution is 5.91. The molecule has 1 N–H and O–H groups in total. The molecule has 3 heterocycles. The molecule has 2 aromatic carbocycles. The maximum absolute atomic E-state index is 12.9. The molecular weight excluding hydrogens is 436 g/mol. The van der Waals surface area contributed by atoms with E-state index in [4.69, 9.17) is 4.98 Å². The number of aromatic nitrogens is 3. The van der Waals surface area contributed by atoms with Gasteiger partial charge in [0.2, 0.25) is 0 Å². The van der Waals surface area contributed by atoms with Crippen LogP contribution in [0.4, 0.5) is 10.5 Å². The molecule has 4 aromatic rings. The first kappa shape index (κ1) is 23.1. The minimum Gasteiger partial charge on any atom is -0.322 e. The number of hydrogen-bond acceptors (Lipinski definition) is 4. The number of nitrogens with one attached hydrogen (secondary N) is 1. The molecule has 5 rings (SSSR count). The van der Waals surface area contributed by atoms with Crippen LogP contribution < -0.4 is 5.32 Å². The molecule has 180 valence electrons. The Bertz CT molecular complexity index is 1340. The first-order valence-corrected chi connectivity index (χ1v) is 12.1. The molecule has 0 bridgehead atoms. The van der Waals surface area contributed by atoms with Crippen molar-refractivity contribution in [2.75, 3.05) is 31.5 Å². The van der Waals surface area contributed by atoms with Gasteiger partial charge < -0.3 is 10.2 Å². The molecule has 0 atom stereocenters. The summed E-state index contributed by atoms with van der Waals surface area (Å²) in [6, 6.07) is 16.5. The van der Waals surface area contributed by atoms with Gasteiger partial charge in [-0.15, -0.1) is 0 Å². The monoisotopic (exact) mass is 468 g/mol. The van der Waals surface area contributed by atoms with E-state index in [1.54, 1.807) is 0 Å². The summed E-state index contributed by atoms with van der Waals surface area (Å²) in [6.07, 6.45) is 1.82. The number of piperazine rings is 1. The Labute approximate surface area is 206 Å². The number of para-hydroxylation sites is 1. The minimum atomic E-state index is -0.0336. The Kier molecular flexibility index (Phi) is 6.26. The van der Waals surface area contributed by atoms with E-state index in [0.717, 1.165) is 52.6 Å². The highest BCUT2D eigenvalue weighted by Gasteiger charge is 2.24. The summed E-state index contributed by atoms with van der Waals surface area (Å²) < 4.78 is 2.18. The van der Waals surface area contributed by atoms with Crippen LogP contribution in [0.5, 0.6) is 0 Å². The number of pyridine rings is 1. The molecular formula is C28H32N6O. The molecule has 0 saturated carbocycles. The molecule has 0 aliphatic carbocycles. The predicted octanol–water partition coefficient (Wildman–Crippen LogP) is 5.00. The van der Waals surface area contributed by atoms with Gasteiger partial charge in [0, 0.05) is 43.8 Å². The van der Waals surface area contributed by atoms with E-state index >= 15 is 0 Å². The number of hydrogen-bond donors (Lipinski definition) is 1. The van der Waals surface area contributed by atoms with Crippen LogP contribution in [-0.2, 0) is 6.54 Å². The third kappa shape index (κ3) is 4.77. The van der Waals surface area contributed by atoms with Gasteiger partial charge in [-0.1, -0.05) is 24.3 Å². The topological polar surface area (TPSA) is 66.3 Å². The van der Waals surface area contributed by atoms with Crippen molar-refractivity contribution in [3.8, 4) is 5.69 Å². The first-order chi connectivity index (χ1) is 16.9. The molecule has 2 aromatic heterocycles. The lowest BCUT2D eigenvalue weighted by Crippen LogP contribution is -2.49. The quantitative estimate of drug-likeness (QED) is 0.458. The van der Waals surface area contributed by atoms with E-state index in [-0.39, 0.29) is 6.03 Å². The Morgan fingerprint density at radius 1 is 0.914 bits per heavy atom. The van der Waals surface area contributed by atoms with Crippen molar-refractivity contribution in [2.24, 2.45) is 0 Å². The van der Waals surface area contributed by atoms with Gasteiger partial charge in [-0.3, -0.25) is 9.47 Å². The van der Waals surface area contributed by atoms with Crippen LogP contribution in [-0.4, -0.2) is 56.5 Å². The number of carbonyl (C=O) groups is 1. The molecule has 0 spiro atoms. The molecule has 0 unspecified atom stereocenters. The Balaban J connectivity index is 1.32. The van der Waals surface area contributed by atoms with Gasteiger partial charge in [0.15, 0.2) is 5.65 Å². The van der Waals surface area contributed by atoms with Gasteiger partial charge in [0.25, 0.3) is 0 Å². The zero-order valence-electron chi connectivity index (χ0n) is 20.9. The van der Waals surface area contributed by atoms with E-state index in [1.807, 2.05) is 55.3 Å². The Morgan fingerprint density at radius 2 is 1.60 bits per heavy atom. The van der Waals surface area contributed by atoms with E-state index in [1.165, 1.54) is 11.1 Å². The van der Waals surface area contributed by atoms with Crippen molar-refractivity contribution in [3.63, 3.8) is 0 Å². The summed E-state index contributed by atoms with van der Waals surface area (Å²) in [6.45, 7) is 11.9. The molecule has 7 nitrogen and oxygen atoms in total. The molecule has 1 saturated heterocycles. The lowest BCUT2D eigenvalue weighted by atomic mass is 10.1. The summed E-state index contributed by atoms with van der Waals surface area (Å²) in [5.41, 5.74) is 8.36. The molecule has 0 radical (unpaired) electrons. The SMILES string of the molecule is Cc1cc(C)cc(-n2c(CN3CCN(C(=O)Nc4c(C)cccc4C)CC3)nc3cccnc32)c1. The van der Waals surface area contributed by atoms with Gasteiger partial charge in [-0.25, -0.2) is 14.8 Å². The molecule has 1 fully saturated rings. The van der Waals surface area contributed by atoms with Gasteiger partial charge in [-0.05, 0) is 74.2 Å². The maximum atomic E-state index is 12.9. The number of urea groups is 1. The van der Waals surface area contributed by atoms with E-state index in [0.29, 0.717) is 19.6 Å². The molecule has 35 heavy (non-hydrogen) atoms. The molecule has 1 aliphatic rings. The third-order valence-electron chi connectivity index (χ3n) is 6.69. The summed E-state index contributed by atoms with van der Waals surface area (Å²) in [5.74, 6) is 0.970. The zero-order valence-corrected chi connectivity index (χ0v) is 20.9. The average Bonchev–Trinajstić information content (AvgIpc) is 3.19. The van der Waals surface area contributed by atoms with E-state index in [2.05, 4.69) is 51.8 Å². The van der Waals surface area contributed by atoms with Gasteiger partial charge in [0.1, 0.15) is 11.3 Å². The van der Waals surface area contributed by atoms with Gasteiger partial charge in [0.05, 0.1) is 6.54 Å².